The molecule has 0 unspecified atom stereocenters. The summed E-state index contributed by atoms with van der Waals surface area (Å²) >= 11 is 0. The van der Waals surface area contributed by atoms with Crippen LogP contribution in [0.5, 0.6) is 0 Å². The molecule has 0 N–H and O–H groups in total. The molecule has 6 aromatic rings. The molecule has 0 radical (unpaired) electrons. The Bertz CT molecular complexity index is 2340. The molecule has 1 fully saturated rings. The van der Waals surface area contributed by atoms with E-state index in [-0.39, 0.29) is 45.3 Å². The van der Waals surface area contributed by atoms with Crippen LogP contribution >= 0.6 is 0 Å². The standard InChI is InChI=1S/C54H55NO11/c56-55(57)46-37-60-47(38-58-31-40-19-7-1-8-20-40)50(61-33-42-23-11-3-12-24-42)49(46)66-54-53(64-36-45-29-17-6-18-30-45)52(63-35-44-27-15-5-16-28-44)51(62-34-43-25-13-4-14-26-43)48(65-54)39-59-32-41-21-9-2-10-22-41/h1-30,37,47-54H,31-36,38-39H2/t47-,48-,49-,50+,51+,52+,53-,54+/m1/s1. The van der Waals surface area contributed by atoms with Gasteiger partial charge in [0, 0.05) is 0 Å². The fraction of sp³-hybridized carbons (Fsp3) is 0.296. The number of benzene rings is 6. The van der Waals surface area contributed by atoms with Gasteiger partial charge in [0.25, 0.3) is 0 Å². The summed E-state index contributed by atoms with van der Waals surface area (Å²) in [4.78, 5) is 12.5. The van der Waals surface area contributed by atoms with Crippen molar-refractivity contribution in [2.24, 2.45) is 0 Å². The third kappa shape index (κ3) is 13.3. The first kappa shape index (κ1) is 46.5. The van der Waals surface area contributed by atoms with E-state index in [1.54, 1.807) is 0 Å². The lowest BCUT2D eigenvalue weighted by molar-refractivity contribution is -0.454. The van der Waals surface area contributed by atoms with Gasteiger partial charge in [0.15, 0.2) is 24.8 Å². The van der Waals surface area contributed by atoms with Crippen LogP contribution in [0.1, 0.15) is 33.4 Å². The van der Waals surface area contributed by atoms with Crippen molar-refractivity contribution in [2.45, 2.75) is 88.7 Å². The SMILES string of the molecule is O=[N+]([O-])C1=CO[C@H](COCc2ccccc2)[C@H](OCc2ccccc2)[C@@H]1O[C@@H]1O[C@H](COCc2ccccc2)[C@H](OCc2ccccc2)[C@H](OCc2ccccc2)[C@H]1OCc1ccccc1. The maximum Gasteiger partial charge on any atom is 0.311 e. The van der Waals surface area contributed by atoms with E-state index >= 15 is 0 Å². The van der Waals surface area contributed by atoms with Crippen LogP contribution in [0, 0.1) is 10.1 Å². The van der Waals surface area contributed by atoms with Gasteiger partial charge in [-0.3, -0.25) is 10.1 Å². The predicted molar refractivity (Wildman–Crippen MR) is 246 cm³/mol. The molecule has 2 aliphatic rings. The normalized spacial score (nSPS) is 22.8. The minimum Gasteiger partial charge on any atom is -0.486 e. The molecule has 8 atom stereocenters. The van der Waals surface area contributed by atoms with Gasteiger partial charge in [-0.15, -0.1) is 0 Å². The summed E-state index contributed by atoms with van der Waals surface area (Å²) in [5.74, 6) is 0. The summed E-state index contributed by atoms with van der Waals surface area (Å²) < 4.78 is 59.8. The number of hydrogen-bond acceptors (Lipinski definition) is 11. The smallest absolute Gasteiger partial charge is 0.311 e. The fourth-order valence-electron chi connectivity index (χ4n) is 7.92. The van der Waals surface area contributed by atoms with Gasteiger partial charge in [-0.2, -0.15) is 0 Å². The van der Waals surface area contributed by atoms with E-state index in [9.17, 15) is 10.1 Å². The molecule has 0 aliphatic carbocycles. The molecular weight excluding hydrogens is 839 g/mol. The maximum absolute atomic E-state index is 13.0. The molecule has 0 spiro atoms. The number of hydrogen-bond donors (Lipinski definition) is 0. The lowest BCUT2D eigenvalue weighted by Gasteiger charge is -2.47. The Morgan fingerprint density at radius 1 is 0.424 bits per heavy atom. The molecule has 66 heavy (non-hydrogen) atoms. The Kier molecular flexibility index (Phi) is 17.2. The average molecular weight is 894 g/mol. The summed E-state index contributed by atoms with van der Waals surface area (Å²) in [7, 11) is 0. The lowest BCUT2D eigenvalue weighted by Crippen LogP contribution is -2.63. The summed E-state index contributed by atoms with van der Waals surface area (Å²) in [5.41, 5.74) is 5.22. The van der Waals surface area contributed by atoms with Gasteiger partial charge >= 0.3 is 5.70 Å². The van der Waals surface area contributed by atoms with Gasteiger partial charge in [-0.1, -0.05) is 182 Å². The molecule has 0 amide bonds. The van der Waals surface area contributed by atoms with Crippen LogP contribution in [-0.2, 0) is 82.3 Å². The van der Waals surface area contributed by atoms with E-state index in [4.69, 9.17) is 42.6 Å². The van der Waals surface area contributed by atoms with Gasteiger partial charge in [-0.25, -0.2) is 0 Å². The van der Waals surface area contributed by atoms with Crippen molar-refractivity contribution >= 4 is 0 Å². The molecule has 12 nitrogen and oxygen atoms in total. The fourth-order valence-corrected chi connectivity index (χ4v) is 7.92. The average Bonchev–Trinajstić information content (AvgIpc) is 3.36. The quantitative estimate of drug-likeness (QED) is 0.0451. The summed E-state index contributed by atoms with van der Waals surface area (Å²) in [6.45, 7) is 1.41. The van der Waals surface area contributed by atoms with Crippen molar-refractivity contribution in [2.75, 3.05) is 13.2 Å². The molecule has 2 heterocycles. The van der Waals surface area contributed by atoms with Crippen molar-refractivity contribution < 1.29 is 47.6 Å². The highest BCUT2D eigenvalue weighted by Gasteiger charge is 2.53. The van der Waals surface area contributed by atoms with Crippen LogP contribution in [0.15, 0.2) is 194 Å². The van der Waals surface area contributed by atoms with Gasteiger partial charge in [-0.05, 0) is 33.4 Å². The first-order chi connectivity index (χ1) is 32.6. The Labute approximate surface area is 385 Å². The first-order valence-electron chi connectivity index (χ1n) is 22.2. The van der Waals surface area contributed by atoms with Crippen molar-refractivity contribution in [3.05, 3.63) is 237 Å². The van der Waals surface area contributed by atoms with Crippen LogP contribution in [0.3, 0.4) is 0 Å². The summed E-state index contributed by atoms with van der Waals surface area (Å²) in [6, 6.07) is 58.6. The summed E-state index contributed by atoms with van der Waals surface area (Å²) in [5, 5.41) is 13.0. The molecule has 0 aromatic heterocycles. The molecule has 0 bridgehead atoms. The molecule has 12 heteroatoms. The zero-order valence-electron chi connectivity index (χ0n) is 36.6. The minimum absolute atomic E-state index is 0.0450. The number of rotatable bonds is 23. The molecule has 2 aliphatic heterocycles. The second kappa shape index (κ2) is 24.5. The molecular formula is C54H55NO11. The van der Waals surface area contributed by atoms with Crippen LogP contribution in [0.4, 0.5) is 0 Å². The topological polar surface area (TPSA) is 126 Å². The number of nitro groups is 1. The monoisotopic (exact) mass is 893 g/mol. The van der Waals surface area contributed by atoms with E-state index in [0.29, 0.717) is 13.2 Å². The Hall–Kier alpha value is -6.06. The van der Waals surface area contributed by atoms with E-state index in [1.807, 2.05) is 182 Å². The van der Waals surface area contributed by atoms with E-state index in [1.165, 1.54) is 0 Å². The second-order valence-corrected chi connectivity index (χ2v) is 16.1. The van der Waals surface area contributed by atoms with Crippen molar-refractivity contribution in [1.29, 1.82) is 0 Å². The van der Waals surface area contributed by atoms with Crippen molar-refractivity contribution in [3.8, 4) is 0 Å². The Morgan fingerprint density at radius 3 is 1.18 bits per heavy atom. The molecule has 1 saturated heterocycles. The second-order valence-electron chi connectivity index (χ2n) is 16.1. The predicted octanol–water partition coefficient (Wildman–Crippen LogP) is 9.39. The van der Waals surface area contributed by atoms with Crippen LogP contribution in [0.2, 0.25) is 0 Å². The zero-order chi connectivity index (χ0) is 45.2. The maximum atomic E-state index is 13.0. The van der Waals surface area contributed by atoms with E-state index in [2.05, 4.69) is 0 Å². The minimum atomic E-state index is -1.32. The van der Waals surface area contributed by atoms with Crippen molar-refractivity contribution in [1.82, 2.24) is 0 Å². The molecule has 0 saturated carbocycles. The highest BCUT2D eigenvalue weighted by atomic mass is 16.7. The number of ether oxygens (including phenoxy) is 9. The van der Waals surface area contributed by atoms with Gasteiger partial charge in [0.2, 0.25) is 0 Å². The van der Waals surface area contributed by atoms with Crippen LogP contribution in [0.25, 0.3) is 0 Å². The van der Waals surface area contributed by atoms with Crippen LogP contribution < -0.4 is 0 Å². The Morgan fingerprint density at radius 2 is 0.773 bits per heavy atom. The van der Waals surface area contributed by atoms with Crippen LogP contribution in [-0.4, -0.2) is 67.2 Å². The van der Waals surface area contributed by atoms with Gasteiger partial charge in [0.05, 0.1) is 57.8 Å². The van der Waals surface area contributed by atoms with Crippen molar-refractivity contribution in [3.63, 3.8) is 0 Å². The van der Waals surface area contributed by atoms with Gasteiger partial charge < -0.3 is 42.6 Å². The van der Waals surface area contributed by atoms with Gasteiger partial charge in [0.1, 0.15) is 30.5 Å². The Balaban J connectivity index is 1.15. The third-order valence-electron chi connectivity index (χ3n) is 11.3. The highest BCUT2D eigenvalue weighted by molar-refractivity contribution is 5.18. The zero-order valence-corrected chi connectivity index (χ0v) is 36.6. The molecule has 8 rings (SSSR count). The molecule has 6 aromatic carbocycles. The highest BCUT2D eigenvalue weighted by Crippen LogP contribution is 2.36. The lowest BCUT2D eigenvalue weighted by atomic mass is 9.97. The van der Waals surface area contributed by atoms with E-state index < -0.39 is 53.9 Å². The third-order valence-corrected chi connectivity index (χ3v) is 11.3. The van der Waals surface area contributed by atoms with E-state index in [0.717, 1.165) is 39.6 Å². The summed E-state index contributed by atoms with van der Waals surface area (Å²) in [6.07, 6.45) is -6.68. The first-order valence-corrected chi connectivity index (χ1v) is 22.2. The molecule has 342 valence electrons. The largest absolute Gasteiger partial charge is 0.486 e. The number of nitrogens with zero attached hydrogens (tertiary/aromatic N) is 1.